The molecule has 0 radical (unpaired) electrons. The number of carbonyl (C=O) groups is 1. The van der Waals surface area contributed by atoms with Gasteiger partial charge in [0.05, 0.1) is 10.6 Å². The van der Waals surface area contributed by atoms with Crippen molar-refractivity contribution in [2.24, 2.45) is 0 Å². The molecule has 1 aliphatic rings. The Morgan fingerprint density at radius 1 is 1.42 bits per heavy atom. The Labute approximate surface area is 117 Å². The maximum Gasteiger partial charge on any atom is 0.335 e. The van der Waals surface area contributed by atoms with Crippen LogP contribution in [0.5, 0.6) is 5.75 Å². The zero-order valence-corrected chi connectivity index (χ0v) is 11.1. The third kappa shape index (κ3) is 2.67. The van der Waals surface area contributed by atoms with Crippen LogP contribution in [-0.2, 0) is 4.79 Å². The summed E-state index contributed by atoms with van der Waals surface area (Å²) in [6.45, 7) is 0.587. The molecule has 0 amide bonds. The lowest BCUT2D eigenvalue weighted by molar-refractivity contribution is -0.137. The van der Waals surface area contributed by atoms with Crippen LogP contribution in [0, 0.1) is 0 Å². The van der Waals surface area contributed by atoms with Gasteiger partial charge >= 0.3 is 5.97 Å². The van der Waals surface area contributed by atoms with Crippen LogP contribution in [0.15, 0.2) is 17.7 Å². The van der Waals surface area contributed by atoms with Gasteiger partial charge < -0.3 is 9.84 Å². The van der Waals surface area contributed by atoms with E-state index in [4.69, 9.17) is 33.0 Å². The molecular formula is C12H8Cl2F2O3. The SMILES string of the molecule is CC(F)(F)C1Oc2c(Cl)cc(Cl)cc2C=C1C(=O)O. The highest BCUT2D eigenvalue weighted by Crippen LogP contribution is 2.41. The Hall–Kier alpha value is -1.33. The van der Waals surface area contributed by atoms with Crippen molar-refractivity contribution in [3.8, 4) is 5.75 Å². The van der Waals surface area contributed by atoms with E-state index in [0.29, 0.717) is 6.92 Å². The number of fused-ring (bicyclic) bond motifs is 1. The van der Waals surface area contributed by atoms with Gasteiger partial charge in [0.15, 0.2) is 6.10 Å². The molecule has 102 valence electrons. The van der Waals surface area contributed by atoms with Crippen LogP contribution in [0.1, 0.15) is 12.5 Å². The molecule has 0 aliphatic carbocycles. The van der Waals surface area contributed by atoms with Gasteiger partial charge in [0, 0.05) is 17.5 Å². The van der Waals surface area contributed by atoms with E-state index in [2.05, 4.69) is 0 Å². The second kappa shape index (κ2) is 4.65. The number of carboxylic acid groups (broad SMARTS) is 1. The minimum atomic E-state index is -3.36. The zero-order valence-electron chi connectivity index (χ0n) is 9.58. The average molecular weight is 309 g/mol. The fourth-order valence-corrected chi connectivity index (χ4v) is 2.34. The summed E-state index contributed by atoms with van der Waals surface area (Å²) in [4.78, 5) is 11.0. The number of aliphatic carboxylic acids is 1. The molecule has 2 rings (SSSR count). The molecule has 3 nitrogen and oxygen atoms in total. The molecule has 1 aromatic carbocycles. The first-order valence-electron chi connectivity index (χ1n) is 5.18. The van der Waals surface area contributed by atoms with E-state index in [0.717, 1.165) is 6.08 Å². The van der Waals surface area contributed by atoms with Crippen LogP contribution < -0.4 is 4.74 Å². The number of hydrogen-bond donors (Lipinski definition) is 1. The third-order valence-corrected chi connectivity index (χ3v) is 3.07. The first kappa shape index (κ1) is 14.1. The summed E-state index contributed by atoms with van der Waals surface area (Å²) in [5, 5.41) is 9.30. The summed E-state index contributed by atoms with van der Waals surface area (Å²) in [5.74, 6) is -4.83. The standard InChI is InChI=1S/C12H8Cl2F2O3/c1-12(15,16)10-7(11(17)18)3-5-2-6(13)4-8(14)9(5)19-10/h2-4,10H,1H3,(H,17,18). The molecule has 0 aromatic heterocycles. The van der Waals surface area contributed by atoms with Crippen LogP contribution in [0.4, 0.5) is 8.78 Å². The Morgan fingerprint density at radius 3 is 2.58 bits per heavy atom. The summed E-state index contributed by atoms with van der Waals surface area (Å²) in [5.41, 5.74) is -0.284. The largest absolute Gasteiger partial charge is 0.478 e. The van der Waals surface area contributed by atoms with Gasteiger partial charge in [-0.3, -0.25) is 0 Å². The normalized spacial score (nSPS) is 18.4. The predicted octanol–water partition coefficient (Wildman–Crippen LogP) is 3.88. The molecule has 1 aromatic rings. The molecule has 1 N–H and O–H groups in total. The summed E-state index contributed by atoms with van der Waals surface area (Å²) >= 11 is 11.6. The van der Waals surface area contributed by atoms with Crippen LogP contribution in [0.3, 0.4) is 0 Å². The van der Waals surface area contributed by atoms with Crippen molar-refractivity contribution in [3.05, 3.63) is 33.3 Å². The quantitative estimate of drug-likeness (QED) is 0.902. The van der Waals surface area contributed by atoms with Crippen molar-refractivity contribution in [2.45, 2.75) is 19.0 Å². The Kier molecular flexibility index (Phi) is 3.45. The molecule has 1 atom stereocenters. The maximum atomic E-state index is 13.4. The summed E-state index contributed by atoms with van der Waals surface area (Å²) in [6.07, 6.45) is -0.794. The van der Waals surface area contributed by atoms with E-state index < -0.39 is 23.6 Å². The molecule has 0 bridgehead atoms. The lowest BCUT2D eigenvalue weighted by atomic mass is 9.98. The molecule has 0 spiro atoms. The molecule has 0 saturated heterocycles. The summed E-state index contributed by atoms with van der Waals surface area (Å²) < 4.78 is 31.9. The predicted molar refractivity (Wildman–Crippen MR) is 67.1 cm³/mol. The lowest BCUT2D eigenvalue weighted by Gasteiger charge is -2.29. The van der Waals surface area contributed by atoms with E-state index in [9.17, 15) is 13.6 Å². The van der Waals surface area contributed by atoms with E-state index in [1.54, 1.807) is 0 Å². The molecule has 0 fully saturated rings. The minimum absolute atomic E-state index is 0.00240. The number of rotatable bonds is 2. The highest BCUT2D eigenvalue weighted by atomic mass is 35.5. The first-order valence-corrected chi connectivity index (χ1v) is 5.94. The van der Waals surface area contributed by atoms with Gasteiger partial charge in [-0.25, -0.2) is 13.6 Å². The summed E-state index contributed by atoms with van der Waals surface area (Å²) in [7, 11) is 0. The fraction of sp³-hybridized carbons (Fsp3) is 0.250. The van der Waals surface area contributed by atoms with Crippen molar-refractivity contribution in [3.63, 3.8) is 0 Å². The first-order chi connectivity index (χ1) is 8.70. The monoisotopic (exact) mass is 308 g/mol. The molecule has 1 unspecified atom stereocenters. The smallest absolute Gasteiger partial charge is 0.335 e. The Balaban J connectivity index is 2.61. The molecule has 1 aliphatic heterocycles. The molecular weight excluding hydrogens is 301 g/mol. The second-order valence-electron chi connectivity index (χ2n) is 4.16. The number of benzene rings is 1. The third-order valence-electron chi connectivity index (χ3n) is 2.57. The van der Waals surface area contributed by atoms with Crippen LogP contribution in [0.25, 0.3) is 6.08 Å². The van der Waals surface area contributed by atoms with E-state index in [1.807, 2.05) is 0 Å². The molecule has 19 heavy (non-hydrogen) atoms. The van der Waals surface area contributed by atoms with E-state index >= 15 is 0 Å². The highest BCUT2D eigenvalue weighted by molar-refractivity contribution is 6.36. The highest BCUT2D eigenvalue weighted by Gasteiger charge is 2.44. The Morgan fingerprint density at radius 2 is 2.05 bits per heavy atom. The van der Waals surface area contributed by atoms with Crippen LogP contribution >= 0.6 is 23.2 Å². The topological polar surface area (TPSA) is 46.5 Å². The van der Waals surface area contributed by atoms with Crippen LogP contribution in [0.2, 0.25) is 10.0 Å². The minimum Gasteiger partial charge on any atom is -0.478 e. The van der Waals surface area contributed by atoms with Crippen molar-refractivity contribution < 1.29 is 23.4 Å². The number of halogens is 4. The van der Waals surface area contributed by atoms with Crippen molar-refractivity contribution in [1.29, 1.82) is 0 Å². The van der Waals surface area contributed by atoms with Crippen molar-refractivity contribution in [1.82, 2.24) is 0 Å². The zero-order chi connectivity index (χ0) is 14.4. The van der Waals surface area contributed by atoms with E-state index in [1.165, 1.54) is 12.1 Å². The van der Waals surface area contributed by atoms with Crippen molar-refractivity contribution >= 4 is 35.2 Å². The van der Waals surface area contributed by atoms with E-state index in [-0.39, 0.29) is 21.4 Å². The Bertz CT molecular complexity index is 579. The van der Waals surface area contributed by atoms with Crippen LogP contribution in [-0.4, -0.2) is 23.1 Å². The van der Waals surface area contributed by atoms with Gasteiger partial charge in [0.2, 0.25) is 0 Å². The molecule has 0 saturated carbocycles. The number of hydrogen-bond acceptors (Lipinski definition) is 2. The molecule has 7 heteroatoms. The van der Waals surface area contributed by atoms with Gasteiger partial charge in [0.1, 0.15) is 5.75 Å². The van der Waals surface area contributed by atoms with Gasteiger partial charge in [0.25, 0.3) is 5.92 Å². The average Bonchev–Trinajstić information content (AvgIpc) is 2.25. The van der Waals surface area contributed by atoms with Crippen molar-refractivity contribution in [2.75, 3.05) is 0 Å². The van der Waals surface area contributed by atoms with Gasteiger partial charge in [-0.15, -0.1) is 0 Å². The summed E-state index contributed by atoms with van der Waals surface area (Å²) in [6, 6.07) is 2.74. The lowest BCUT2D eigenvalue weighted by Crippen LogP contribution is -2.41. The second-order valence-corrected chi connectivity index (χ2v) is 5.01. The maximum absolute atomic E-state index is 13.4. The van der Waals surface area contributed by atoms with Gasteiger partial charge in [-0.1, -0.05) is 23.2 Å². The number of carboxylic acids is 1. The van der Waals surface area contributed by atoms with Gasteiger partial charge in [-0.05, 0) is 18.2 Å². The number of ether oxygens (including phenoxy) is 1. The fourth-order valence-electron chi connectivity index (χ4n) is 1.79. The number of alkyl halides is 2. The van der Waals surface area contributed by atoms with Gasteiger partial charge in [-0.2, -0.15) is 0 Å². The molecule has 1 heterocycles.